The molecule has 0 unspecified atom stereocenters. The van der Waals surface area contributed by atoms with Crippen molar-refractivity contribution in [2.24, 2.45) is 17.0 Å². The molecule has 2 aromatic carbocycles. The molecule has 0 aliphatic heterocycles. The van der Waals surface area contributed by atoms with Crippen LogP contribution in [-0.4, -0.2) is 17.5 Å². The number of aryl methyl sites for hydroxylation is 3. The number of rotatable bonds is 10. The van der Waals surface area contributed by atoms with E-state index in [0.717, 1.165) is 16.8 Å². The quantitative estimate of drug-likeness (QED) is 0.243. The molecule has 0 saturated carbocycles. The maximum Gasteiger partial charge on any atom is 0.184 e. The minimum atomic E-state index is -0.344. The Morgan fingerprint density at radius 2 is 1.64 bits per heavy atom. The number of oxime groups is 1. The second kappa shape index (κ2) is 11.3. The summed E-state index contributed by atoms with van der Waals surface area (Å²) in [6.45, 7) is 15.2. The van der Waals surface area contributed by atoms with Crippen LogP contribution < -0.4 is 0 Å². The number of hydrogen-bond acceptors (Lipinski definition) is 5. The standard InChI is InChI=1S/C28H36N2O3/c1-18(2)28(31-17-24-11-9-8-10-12-24)22(6)16-29-32-23(7)26-15-25(30-33-26)27-20(4)13-19(3)14-21(27)5/h8-16,18,22-23,28H,17H2,1-7H3/t22-,23+,28-/m1/s1. The van der Waals surface area contributed by atoms with Crippen molar-refractivity contribution >= 4 is 6.21 Å². The smallest absolute Gasteiger partial charge is 0.184 e. The summed E-state index contributed by atoms with van der Waals surface area (Å²) in [6.07, 6.45) is 1.51. The Morgan fingerprint density at radius 1 is 0.970 bits per heavy atom. The predicted octanol–water partition coefficient (Wildman–Crippen LogP) is 7.21. The van der Waals surface area contributed by atoms with Gasteiger partial charge < -0.3 is 14.1 Å². The first kappa shape index (κ1) is 24.7. The minimum Gasteiger partial charge on any atom is -0.385 e. The van der Waals surface area contributed by atoms with Gasteiger partial charge in [0.15, 0.2) is 11.9 Å². The highest BCUT2D eigenvalue weighted by atomic mass is 16.6. The van der Waals surface area contributed by atoms with Gasteiger partial charge in [0.1, 0.15) is 5.69 Å². The Morgan fingerprint density at radius 3 is 2.27 bits per heavy atom. The van der Waals surface area contributed by atoms with Gasteiger partial charge in [-0.3, -0.25) is 0 Å². The molecule has 0 fully saturated rings. The first-order valence-electron chi connectivity index (χ1n) is 11.7. The SMILES string of the molecule is Cc1cc(C)c(-c2cc([C@H](C)ON=C[C@@H](C)[C@H](OCc3ccccc3)C(C)C)on2)c(C)c1. The van der Waals surface area contributed by atoms with Crippen molar-refractivity contribution in [1.29, 1.82) is 0 Å². The van der Waals surface area contributed by atoms with Crippen LogP contribution in [-0.2, 0) is 16.2 Å². The van der Waals surface area contributed by atoms with E-state index in [4.69, 9.17) is 14.1 Å². The lowest BCUT2D eigenvalue weighted by Gasteiger charge is -2.25. The average Bonchev–Trinajstić information content (AvgIpc) is 3.23. The molecular formula is C28H36N2O3. The van der Waals surface area contributed by atoms with E-state index in [-0.39, 0.29) is 18.1 Å². The zero-order valence-electron chi connectivity index (χ0n) is 20.8. The molecule has 176 valence electrons. The topological polar surface area (TPSA) is 56.9 Å². The molecule has 0 spiro atoms. The Hall–Kier alpha value is -2.92. The van der Waals surface area contributed by atoms with Gasteiger partial charge in [-0.05, 0) is 50.3 Å². The van der Waals surface area contributed by atoms with Gasteiger partial charge in [0, 0.05) is 23.8 Å². The van der Waals surface area contributed by atoms with Gasteiger partial charge in [0.2, 0.25) is 0 Å². The van der Waals surface area contributed by atoms with Gasteiger partial charge in [-0.2, -0.15) is 0 Å². The summed E-state index contributed by atoms with van der Waals surface area (Å²) in [5, 5.41) is 8.52. The van der Waals surface area contributed by atoms with E-state index >= 15 is 0 Å². The van der Waals surface area contributed by atoms with E-state index in [1.54, 1.807) is 0 Å². The lowest BCUT2D eigenvalue weighted by atomic mass is 9.95. The number of aromatic nitrogens is 1. The monoisotopic (exact) mass is 448 g/mol. The summed E-state index contributed by atoms with van der Waals surface area (Å²) >= 11 is 0. The van der Waals surface area contributed by atoms with E-state index in [9.17, 15) is 0 Å². The van der Waals surface area contributed by atoms with Crippen molar-refractivity contribution in [3.05, 3.63) is 76.5 Å². The summed E-state index contributed by atoms with van der Waals surface area (Å²) in [5.41, 5.74) is 6.70. The van der Waals surface area contributed by atoms with Crippen LogP contribution in [0.5, 0.6) is 0 Å². The first-order chi connectivity index (χ1) is 15.8. The number of nitrogens with zero attached hydrogens (tertiary/aromatic N) is 2. The second-order valence-corrected chi connectivity index (χ2v) is 9.25. The molecule has 33 heavy (non-hydrogen) atoms. The molecule has 0 saturated heterocycles. The Balaban J connectivity index is 1.60. The van der Waals surface area contributed by atoms with Crippen molar-refractivity contribution in [3.63, 3.8) is 0 Å². The first-order valence-corrected chi connectivity index (χ1v) is 11.7. The summed E-state index contributed by atoms with van der Waals surface area (Å²) in [5.74, 6) is 1.10. The summed E-state index contributed by atoms with van der Waals surface area (Å²) in [4.78, 5) is 5.70. The maximum absolute atomic E-state index is 6.20. The highest BCUT2D eigenvalue weighted by molar-refractivity contribution is 5.68. The van der Waals surface area contributed by atoms with Gasteiger partial charge in [0.05, 0.1) is 12.7 Å². The molecule has 5 nitrogen and oxygen atoms in total. The van der Waals surface area contributed by atoms with Crippen molar-refractivity contribution < 1.29 is 14.1 Å². The largest absolute Gasteiger partial charge is 0.385 e. The fourth-order valence-electron chi connectivity index (χ4n) is 4.26. The molecule has 0 radical (unpaired) electrons. The van der Waals surface area contributed by atoms with Gasteiger partial charge in [0.25, 0.3) is 0 Å². The summed E-state index contributed by atoms with van der Waals surface area (Å²) in [7, 11) is 0. The fraction of sp³-hybridized carbons (Fsp3) is 0.429. The molecule has 0 N–H and O–H groups in total. The highest BCUT2D eigenvalue weighted by Gasteiger charge is 2.21. The van der Waals surface area contributed by atoms with Crippen molar-refractivity contribution in [2.45, 2.75) is 67.3 Å². The molecule has 3 rings (SSSR count). The second-order valence-electron chi connectivity index (χ2n) is 9.25. The molecule has 0 amide bonds. The Bertz CT molecular complexity index is 1030. The normalized spacial score (nSPS) is 14.5. The van der Waals surface area contributed by atoms with Crippen LogP contribution in [0.15, 0.2) is 58.2 Å². The summed E-state index contributed by atoms with van der Waals surface area (Å²) < 4.78 is 11.8. The van der Waals surface area contributed by atoms with E-state index in [0.29, 0.717) is 18.3 Å². The van der Waals surface area contributed by atoms with Crippen LogP contribution >= 0.6 is 0 Å². The lowest BCUT2D eigenvalue weighted by molar-refractivity contribution is -0.00813. The van der Waals surface area contributed by atoms with Gasteiger partial charge >= 0.3 is 0 Å². The molecule has 0 aliphatic rings. The van der Waals surface area contributed by atoms with Crippen LogP contribution in [0.4, 0.5) is 0 Å². The van der Waals surface area contributed by atoms with Crippen LogP contribution in [0.25, 0.3) is 11.3 Å². The Kier molecular flexibility index (Phi) is 8.45. The number of hydrogen-bond donors (Lipinski definition) is 0. The molecular weight excluding hydrogens is 412 g/mol. The van der Waals surface area contributed by atoms with Gasteiger partial charge in [-0.15, -0.1) is 0 Å². The van der Waals surface area contributed by atoms with E-state index in [1.165, 1.54) is 16.7 Å². The van der Waals surface area contributed by atoms with Crippen molar-refractivity contribution in [2.75, 3.05) is 0 Å². The number of benzene rings is 2. The molecule has 1 heterocycles. The Labute approximate surface area is 197 Å². The molecule has 0 bridgehead atoms. The van der Waals surface area contributed by atoms with Gasteiger partial charge in [-0.25, -0.2) is 0 Å². The molecule has 0 aliphatic carbocycles. The van der Waals surface area contributed by atoms with Crippen LogP contribution in [0.2, 0.25) is 0 Å². The third-order valence-corrected chi connectivity index (χ3v) is 5.84. The molecule has 3 aromatic rings. The molecule has 5 heteroatoms. The average molecular weight is 449 g/mol. The zero-order chi connectivity index (χ0) is 24.0. The minimum absolute atomic E-state index is 0.0391. The van der Waals surface area contributed by atoms with Crippen LogP contribution in [0, 0.1) is 32.6 Å². The van der Waals surface area contributed by atoms with Crippen molar-refractivity contribution in [3.8, 4) is 11.3 Å². The predicted molar refractivity (Wildman–Crippen MR) is 133 cm³/mol. The van der Waals surface area contributed by atoms with Crippen molar-refractivity contribution in [1.82, 2.24) is 5.16 Å². The summed E-state index contributed by atoms with van der Waals surface area (Å²) in [6, 6.07) is 16.5. The number of ether oxygens (including phenoxy) is 1. The van der Waals surface area contributed by atoms with Crippen LogP contribution in [0.3, 0.4) is 0 Å². The third-order valence-electron chi connectivity index (χ3n) is 5.84. The van der Waals surface area contributed by atoms with E-state index < -0.39 is 0 Å². The van der Waals surface area contributed by atoms with Crippen LogP contribution in [0.1, 0.15) is 61.8 Å². The van der Waals surface area contributed by atoms with E-state index in [1.807, 2.05) is 37.4 Å². The van der Waals surface area contributed by atoms with Gasteiger partial charge in [-0.1, -0.05) is 79.1 Å². The highest BCUT2D eigenvalue weighted by Crippen LogP contribution is 2.30. The van der Waals surface area contributed by atoms with E-state index in [2.05, 4.69) is 76.1 Å². The maximum atomic E-state index is 6.20. The zero-order valence-corrected chi connectivity index (χ0v) is 20.8. The molecule has 1 aromatic heterocycles. The third kappa shape index (κ3) is 6.55. The molecule has 3 atom stereocenters. The fourth-order valence-corrected chi connectivity index (χ4v) is 4.26. The lowest BCUT2D eigenvalue weighted by Crippen LogP contribution is -2.28.